The van der Waals surface area contributed by atoms with Crippen molar-refractivity contribution in [3.63, 3.8) is 0 Å². The molecule has 0 nitrogen and oxygen atoms in total. The van der Waals surface area contributed by atoms with Crippen LogP contribution in [0.2, 0.25) is 0 Å². The molecule has 0 saturated heterocycles. The molecule has 0 amide bonds. The number of fused-ring (bicyclic) bond motifs is 1. The molecular formula is C25H34Cl2Ti-2. The van der Waals surface area contributed by atoms with Crippen molar-refractivity contribution in [2.24, 2.45) is 5.41 Å². The zero-order valence-corrected chi connectivity index (χ0v) is 21.7. The SMILES string of the molecule is CC(C)(C)C1=CC[C-]=C1.CC(C)(C)c1c[cH-]c2ccccc12.C[C](C)=[Ti+2].[Cl-].[Cl-]. The molecule has 0 radical (unpaired) electrons. The monoisotopic (exact) mass is 452 g/mol. The minimum absolute atomic E-state index is 0. The summed E-state index contributed by atoms with van der Waals surface area (Å²) >= 11 is 2.08. The molecule has 0 bridgehead atoms. The fourth-order valence-electron chi connectivity index (χ4n) is 2.72. The van der Waals surface area contributed by atoms with E-state index in [9.17, 15) is 0 Å². The standard InChI is InChI=1S/C13H15.C9H13.C3H6.2ClH.Ti/c1-13(2,3)12-9-8-10-6-4-5-7-11(10)12;1-9(2,3)8-6-4-5-7-8;1-3-2;;;/h4-9H,1-3H3;6-7H,4H2,1-3H3;1-2H3;2*1H;/q2*-1;;;;+2/p-2. The van der Waals surface area contributed by atoms with E-state index in [1.54, 1.807) is 0 Å². The summed E-state index contributed by atoms with van der Waals surface area (Å²) in [7, 11) is 0. The van der Waals surface area contributed by atoms with E-state index in [1.807, 2.05) is 0 Å². The molecule has 28 heavy (non-hydrogen) atoms. The van der Waals surface area contributed by atoms with Crippen LogP contribution in [-0.2, 0) is 25.4 Å². The van der Waals surface area contributed by atoms with Crippen molar-refractivity contribution in [2.75, 3.05) is 0 Å². The second-order valence-electron chi connectivity index (χ2n) is 9.05. The van der Waals surface area contributed by atoms with Gasteiger partial charge >= 0.3 is 37.6 Å². The summed E-state index contributed by atoms with van der Waals surface area (Å²) in [5, 5.41) is 2.75. The second kappa shape index (κ2) is 12.9. The first-order valence-corrected chi connectivity index (χ1v) is 10.1. The van der Waals surface area contributed by atoms with Crippen LogP contribution in [0.5, 0.6) is 0 Å². The first kappa shape index (κ1) is 29.7. The van der Waals surface area contributed by atoms with Crippen LogP contribution in [0.15, 0.2) is 54.1 Å². The number of halogens is 2. The Kier molecular flexibility index (Phi) is 13.7. The Hall–Kier alpha value is -0.526. The molecule has 0 aliphatic heterocycles. The molecule has 1 aliphatic rings. The quantitative estimate of drug-likeness (QED) is 0.417. The van der Waals surface area contributed by atoms with Crippen LogP contribution >= 0.6 is 0 Å². The molecule has 0 fully saturated rings. The average Bonchev–Trinajstić information content (AvgIpc) is 3.16. The molecule has 2 aromatic carbocycles. The molecule has 1 aliphatic carbocycles. The van der Waals surface area contributed by atoms with E-state index in [0.717, 1.165) is 6.42 Å². The minimum atomic E-state index is 0. The summed E-state index contributed by atoms with van der Waals surface area (Å²) in [5.74, 6) is 0. The molecule has 0 unspecified atom stereocenters. The maximum atomic E-state index is 3.16. The molecule has 0 saturated carbocycles. The van der Waals surface area contributed by atoms with Crippen LogP contribution in [0.1, 0.15) is 67.4 Å². The maximum Gasteiger partial charge on any atom is -1.00 e. The third-order valence-corrected chi connectivity index (χ3v) is 4.05. The van der Waals surface area contributed by atoms with Gasteiger partial charge in [-0.1, -0.05) is 58.4 Å². The van der Waals surface area contributed by atoms with Crippen molar-refractivity contribution in [3.05, 3.63) is 65.8 Å². The van der Waals surface area contributed by atoms with Gasteiger partial charge in [0.15, 0.2) is 0 Å². The molecule has 3 rings (SSSR count). The molecule has 0 heterocycles. The van der Waals surface area contributed by atoms with Gasteiger partial charge < -0.3 is 24.8 Å². The van der Waals surface area contributed by atoms with E-state index >= 15 is 0 Å². The predicted octanol–water partition coefficient (Wildman–Crippen LogP) is 1.33. The zero-order chi connectivity index (χ0) is 20.0. The molecular weight excluding hydrogens is 419 g/mol. The molecule has 154 valence electrons. The second-order valence-corrected chi connectivity index (χ2v) is 10.6. The molecule has 0 N–H and O–H groups in total. The van der Waals surface area contributed by atoms with E-state index in [2.05, 4.69) is 130 Å². The van der Waals surface area contributed by atoms with Crippen molar-refractivity contribution in [1.29, 1.82) is 0 Å². The van der Waals surface area contributed by atoms with Gasteiger partial charge in [0.05, 0.1) is 0 Å². The van der Waals surface area contributed by atoms with E-state index in [-0.39, 0.29) is 30.2 Å². The number of hydrogen-bond acceptors (Lipinski definition) is 0. The Balaban J connectivity index is 0. The molecule has 0 spiro atoms. The Bertz CT molecular complexity index is 777. The maximum absolute atomic E-state index is 3.16. The van der Waals surface area contributed by atoms with Crippen LogP contribution in [-0.4, -0.2) is 3.81 Å². The Labute approximate surface area is 197 Å². The number of allylic oxidation sites excluding steroid dienone is 4. The summed E-state index contributed by atoms with van der Waals surface area (Å²) in [6, 6.07) is 13.0. The number of hydrogen-bond donors (Lipinski definition) is 0. The van der Waals surface area contributed by atoms with Crippen molar-refractivity contribution >= 4 is 14.6 Å². The molecule has 2 aromatic rings. The Morgan fingerprint density at radius 3 is 1.89 bits per heavy atom. The fraction of sp³-hybridized carbons (Fsp3) is 0.440. The minimum Gasteiger partial charge on any atom is -1.00 e. The predicted molar refractivity (Wildman–Crippen MR) is 115 cm³/mol. The van der Waals surface area contributed by atoms with E-state index < -0.39 is 0 Å². The van der Waals surface area contributed by atoms with Crippen LogP contribution in [0.25, 0.3) is 10.8 Å². The van der Waals surface area contributed by atoms with Gasteiger partial charge in [0.1, 0.15) is 0 Å². The number of rotatable bonds is 0. The van der Waals surface area contributed by atoms with Gasteiger partial charge in [-0.3, -0.25) is 6.08 Å². The van der Waals surface area contributed by atoms with Crippen LogP contribution < -0.4 is 24.8 Å². The van der Waals surface area contributed by atoms with Crippen LogP contribution in [0.4, 0.5) is 0 Å². The van der Waals surface area contributed by atoms with Gasteiger partial charge in [0.25, 0.3) is 0 Å². The summed E-state index contributed by atoms with van der Waals surface area (Å²) in [4.78, 5) is 0. The van der Waals surface area contributed by atoms with Gasteiger partial charge in [0, 0.05) is 0 Å². The van der Waals surface area contributed by atoms with E-state index in [4.69, 9.17) is 0 Å². The summed E-state index contributed by atoms with van der Waals surface area (Å²) in [6.45, 7) is 17.6. The van der Waals surface area contributed by atoms with E-state index in [1.165, 1.54) is 25.7 Å². The van der Waals surface area contributed by atoms with Crippen LogP contribution in [0, 0.1) is 11.5 Å². The molecule has 3 heteroatoms. The Morgan fingerprint density at radius 2 is 1.50 bits per heavy atom. The summed E-state index contributed by atoms with van der Waals surface area (Å²) < 4.78 is 1.42. The first-order valence-electron chi connectivity index (χ1n) is 9.37. The zero-order valence-electron chi connectivity index (χ0n) is 18.6. The van der Waals surface area contributed by atoms with Crippen molar-refractivity contribution in [1.82, 2.24) is 0 Å². The van der Waals surface area contributed by atoms with Gasteiger partial charge in [-0.05, 0) is 0 Å². The van der Waals surface area contributed by atoms with Gasteiger partial charge in [-0.2, -0.15) is 11.6 Å². The number of benzene rings is 1. The van der Waals surface area contributed by atoms with Crippen molar-refractivity contribution < 1.29 is 44.8 Å². The fourth-order valence-corrected chi connectivity index (χ4v) is 2.72. The Morgan fingerprint density at radius 1 is 0.964 bits per heavy atom. The van der Waals surface area contributed by atoms with Crippen molar-refractivity contribution in [3.8, 4) is 0 Å². The smallest absolute Gasteiger partial charge is 1.00 e. The largest absolute Gasteiger partial charge is 1.00 e. The molecule has 0 atom stereocenters. The van der Waals surface area contributed by atoms with E-state index in [0.29, 0.717) is 5.41 Å². The van der Waals surface area contributed by atoms with Gasteiger partial charge in [-0.25, -0.2) is 6.08 Å². The molecule has 0 aromatic heterocycles. The first-order chi connectivity index (χ1) is 11.9. The van der Waals surface area contributed by atoms with Crippen LogP contribution in [0.3, 0.4) is 0 Å². The summed E-state index contributed by atoms with van der Waals surface area (Å²) in [5.41, 5.74) is 3.44. The van der Waals surface area contributed by atoms with Gasteiger partial charge in [0.2, 0.25) is 0 Å². The topological polar surface area (TPSA) is 0 Å². The normalized spacial score (nSPS) is 12.6. The van der Waals surface area contributed by atoms with Gasteiger partial charge in [-0.15, -0.1) is 53.1 Å². The summed E-state index contributed by atoms with van der Waals surface area (Å²) in [6.07, 6.45) is 8.50. The third kappa shape index (κ3) is 10.3. The van der Waals surface area contributed by atoms with Crippen molar-refractivity contribution in [2.45, 2.75) is 67.2 Å². The third-order valence-electron chi connectivity index (χ3n) is 4.05. The average molecular weight is 453 g/mol.